The molecule has 2 saturated carbocycles. The molecule has 0 radical (unpaired) electrons. The molecule has 19 heavy (non-hydrogen) atoms. The zero-order valence-electron chi connectivity index (χ0n) is 13.8. The number of fused-ring (bicyclic) bond motifs is 2. The largest absolute Gasteiger partial charge is 0.376 e. The molecule has 0 aromatic heterocycles. The molecular formula is C17H33NO. The second kappa shape index (κ2) is 5.04. The summed E-state index contributed by atoms with van der Waals surface area (Å²) >= 11 is 0. The van der Waals surface area contributed by atoms with Gasteiger partial charge in [-0.15, -0.1) is 0 Å². The fourth-order valence-corrected chi connectivity index (χ4v) is 4.10. The Balaban J connectivity index is 1.80. The molecule has 3 unspecified atom stereocenters. The molecule has 0 spiro atoms. The van der Waals surface area contributed by atoms with Crippen molar-refractivity contribution in [2.45, 2.75) is 78.9 Å². The number of hydrogen-bond acceptors (Lipinski definition) is 2. The maximum absolute atomic E-state index is 6.25. The lowest BCUT2D eigenvalue weighted by atomic mass is 9.70. The van der Waals surface area contributed by atoms with Gasteiger partial charge in [0.1, 0.15) is 0 Å². The van der Waals surface area contributed by atoms with Crippen molar-refractivity contribution in [3.8, 4) is 0 Å². The summed E-state index contributed by atoms with van der Waals surface area (Å²) in [5, 5.41) is 3.58. The second-order valence-corrected chi connectivity index (χ2v) is 8.13. The van der Waals surface area contributed by atoms with Gasteiger partial charge in [-0.1, -0.05) is 27.7 Å². The van der Waals surface area contributed by atoms with Crippen LogP contribution in [0.1, 0.15) is 67.2 Å². The van der Waals surface area contributed by atoms with Gasteiger partial charge in [-0.3, -0.25) is 0 Å². The summed E-state index contributed by atoms with van der Waals surface area (Å²) in [5.41, 5.74) is 1.10. The van der Waals surface area contributed by atoms with E-state index in [1.54, 1.807) is 0 Å². The Morgan fingerprint density at radius 3 is 2.42 bits per heavy atom. The van der Waals surface area contributed by atoms with Crippen molar-refractivity contribution in [1.29, 1.82) is 0 Å². The predicted molar refractivity (Wildman–Crippen MR) is 81.3 cm³/mol. The first-order valence-corrected chi connectivity index (χ1v) is 8.09. The van der Waals surface area contributed by atoms with Gasteiger partial charge in [-0.05, 0) is 56.3 Å². The minimum Gasteiger partial charge on any atom is -0.376 e. The highest BCUT2D eigenvalue weighted by molar-refractivity contribution is 5.11. The second-order valence-electron chi connectivity index (χ2n) is 8.13. The topological polar surface area (TPSA) is 21.3 Å². The number of hydrogen-bond donors (Lipinski definition) is 1. The normalized spacial score (nSPS) is 36.9. The Labute approximate surface area is 119 Å². The molecule has 2 rings (SSSR count). The van der Waals surface area contributed by atoms with Crippen molar-refractivity contribution in [2.24, 2.45) is 16.7 Å². The van der Waals surface area contributed by atoms with Crippen LogP contribution in [0.2, 0.25) is 0 Å². The van der Waals surface area contributed by atoms with E-state index in [1.807, 2.05) is 0 Å². The van der Waals surface area contributed by atoms with Crippen LogP contribution in [0.15, 0.2) is 0 Å². The average molecular weight is 267 g/mol. The quantitative estimate of drug-likeness (QED) is 0.735. The van der Waals surface area contributed by atoms with Gasteiger partial charge in [-0.2, -0.15) is 0 Å². The van der Waals surface area contributed by atoms with Crippen LogP contribution >= 0.6 is 0 Å². The molecule has 0 aromatic carbocycles. The van der Waals surface area contributed by atoms with E-state index in [-0.39, 0.29) is 5.54 Å². The van der Waals surface area contributed by atoms with E-state index in [0.29, 0.717) is 16.9 Å². The van der Waals surface area contributed by atoms with E-state index < -0.39 is 0 Å². The van der Waals surface area contributed by atoms with E-state index in [9.17, 15) is 0 Å². The summed E-state index contributed by atoms with van der Waals surface area (Å²) in [5.74, 6) is 0.877. The van der Waals surface area contributed by atoms with Crippen molar-refractivity contribution in [3.05, 3.63) is 0 Å². The molecule has 0 saturated heterocycles. The molecule has 2 fully saturated rings. The first kappa shape index (κ1) is 15.3. The lowest BCUT2D eigenvalue weighted by Gasteiger charge is -2.39. The van der Waals surface area contributed by atoms with Crippen molar-refractivity contribution < 1.29 is 4.74 Å². The molecule has 0 heterocycles. The Morgan fingerprint density at radius 2 is 1.95 bits per heavy atom. The van der Waals surface area contributed by atoms with Gasteiger partial charge in [0.25, 0.3) is 0 Å². The first-order valence-electron chi connectivity index (χ1n) is 8.09. The van der Waals surface area contributed by atoms with Crippen LogP contribution < -0.4 is 5.32 Å². The maximum atomic E-state index is 6.25. The Kier molecular flexibility index (Phi) is 4.06. The molecule has 0 aliphatic heterocycles. The van der Waals surface area contributed by atoms with Crippen molar-refractivity contribution in [3.63, 3.8) is 0 Å². The van der Waals surface area contributed by atoms with Crippen LogP contribution in [-0.4, -0.2) is 24.8 Å². The van der Waals surface area contributed by atoms with Crippen LogP contribution in [0.25, 0.3) is 0 Å². The van der Waals surface area contributed by atoms with Gasteiger partial charge >= 0.3 is 0 Å². The van der Waals surface area contributed by atoms with E-state index >= 15 is 0 Å². The lowest BCUT2D eigenvalue weighted by Crippen LogP contribution is -2.42. The zero-order chi connectivity index (χ0) is 14.3. The third kappa shape index (κ3) is 2.58. The van der Waals surface area contributed by atoms with Crippen molar-refractivity contribution in [1.82, 2.24) is 5.32 Å². The summed E-state index contributed by atoms with van der Waals surface area (Å²) in [6.45, 7) is 15.9. The highest BCUT2D eigenvalue weighted by Crippen LogP contribution is 2.66. The Morgan fingerprint density at radius 1 is 1.26 bits per heavy atom. The predicted octanol–water partition coefficient (Wildman–Crippen LogP) is 4.00. The van der Waals surface area contributed by atoms with Gasteiger partial charge in [0.2, 0.25) is 0 Å². The molecule has 0 aromatic rings. The molecule has 2 heteroatoms. The van der Waals surface area contributed by atoms with Crippen LogP contribution in [-0.2, 0) is 4.74 Å². The highest BCUT2D eigenvalue weighted by atomic mass is 16.5. The van der Waals surface area contributed by atoms with Crippen LogP contribution in [0.4, 0.5) is 0 Å². The minimum absolute atomic E-state index is 0.237. The lowest BCUT2D eigenvalue weighted by molar-refractivity contribution is -0.0460. The molecule has 3 atom stereocenters. The number of rotatable bonds is 6. The molecule has 1 N–H and O–H groups in total. The molecule has 2 bridgehead atoms. The molecule has 2 nitrogen and oxygen atoms in total. The fourth-order valence-electron chi connectivity index (χ4n) is 4.10. The maximum Gasteiger partial charge on any atom is 0.0637 e. The van der Waals surface area contributed by atoms with Gasteiger partial charge < -0.3 is 10.1 Å². The first-order chi connectivity index (χ1) is 8.73. The Hall–Kier alpha value is -0.0800. The molecular weight excluding hydrogens is 234 g/mol. The average Bonchev–Trinajstić information content (AvgIpc) is 2.67. The summed E-state index contributed by atoms with van der Waals surface area (Å²) in [7, 11) is 0. The van der Waals surface area contributed by atoms with Gasteiger partial charge in [0.15, 0.2) is 0 Å². The van der Waals surface area contributed by atoms with Gasteiger partial charge in [0, 0.05) is 12.1 Å². The third-order valence-corrected chi connectivity index (χ3v) is 6.62. The smallest absolute Gasteiger partial charge is 0.0637 e. The summed E-state index contributed by atoms with van der Waals surface area (Å²) in [6, 6.07) is 0. The van der Waals surface area contributed by atoms with E-state index in [2.05, 4.69) is 46.9 Å². The van der Waals surface area contributed by atoms with Crippen molar-refractivity contribution >= 4 is 0 Å². The van der Waals surface area contributed by atoms with E-state index in [4.69, 9.17) is 4.74 Å². The standard InChI is InChI=1S/C17H33NO/c1-7-15(2,3)18-10-11-19-14-12-13-8-9-17(14,6)16(13,4)5/h13-14,18H,7-12H2,1-6H3. The van der Waals surface area contributed by atoms with Gasteiger partial charge in [-0.25, -0.2) is 0 Å². The Bertz CT molecular complexity index is 323. The van der Waals surface area contributed by atoms with Crippen LogP contribution in [0.5, 0.6) is 0 Å². The van der Waals surface area contributed by atoms with Crippen molar-refractivity contribution in [2.75, 3.05) is 13.2 Å². The van der Waals surface area contributed by atoms with E-state index in [0.717, 1.165) is 25.5 Å². The van der Waals surface area contributed by atoms with Crippen LogP contribution in [0.3, 0.4) is 0 Å². The highest BCUT2D eigenvalue weighted by Gasteiger charge is 2.61. The fraction of sp³-hybridized carbons (Fsp3) is 1.00. The number of ether oxygens (including phenoxy) is 1. The minimum atomic E-state index is 0.237. The van der Waals surface area contributed by atoms with E-state index in [1.165, 1.54) is 19.3 Å². The molecule has 0 amide bonds. The van der Waals surface area contributed by atoms with Crippen LogP contribution in [0, 0.1) is 16.7 Å². The summed E-state index contributed by atoms with van der Waals surface area (Å²) < 4.78 is 6.25. The SMILES string of the molecule is CCC(C)(C)NCCOC1CC2CCC1(C)C2(C)C. The monoisotopic (exact) mass is 267 g/mol. The third-order valence-electron chi connectivity index (χ3n) is 6.62. The molecule has 2 aliphatic carbocycles. The summed E-state index contributed by atoms with van der Waals surface area (Å²) in [6.07, 6.45) is 5.67. The number of nitrogens with one attached hydrogen (secondary N) is 1. The summed E-state index contributed by atoms with van der Waals surface area (Å²) in [4.78, 5) is 0. The molecule has 2 aliphatic rings. The molecule has 112 valence electrons. The zero-order valence-corrected chi connectivity index (χ0v) is 13.8. The van der Waals surface area contributed by atoms with Gasteiger partial charge in [0.05, 0.1) is 12.7 Å².